The number of thiophene rings is 1. The van der Waals surface area contributed by atoms with Crippen molar-refractivity contribution in [3.8, 4) is 10.6 Å². The van der Waals surface area contributed by atoms with Gasteiger partial charge in [-0.1, -0.05) is 6.07 Å². The number of piperazine rings is 1. The first-order chi connectivity index (χ1) is 11.3. The third-order valence-electron chi connectivity index (χ3n) is 4.17. The van der Waals surface area contributed by atoms with E-state index in [2.05, 4.69) is 30.8 Å². The highest BCUT2D eigenvalue weighted by Crippen LogP contribution is 2.27. The van der Waals surface area contributed by atoms with Crippen molar-refractivity contribution < 1.29 is 4.42 Å². The lowest BCUT2D eigenvalue weighted by atomic mass is 10.1. The van der Waals surface area contributed by atoms with Gasteiger partial charge >= 0.3 is 0 Å². The molecule has 0 saturated carbocycles. The van der Waals surface area contributed by atoms with E-state index in [1.165, 1.54) is 0 Å². The summed E-state index contributed by atoms with van der Waals surface area (Å²) in [6.45, 7) is 3.52. The fourth-order valence-electron chi connectivity index (χ4n) is 2.98. The maximum Gasteiger partial charge on any atom is 0.209 e. The molecule has 1 atom stereocenters. The van der Waals surface area contributed by atoms with Gasteiger partial charge in [0, 0.05) is 39.1 Å². The topological polar surface area (TPSA) is 59.1 Å². The van der Waals surface area contributed by atoms with Gasteiger partial charge in [0.1, 0.15) is 5.82 Å². The molecule has 4 rings (SSSR count). The summed E-state index contributed by atoms with van der Waals surface area (Å²) in [5, 5.41) is 5.50. The number of imidazole rings is 1. The van der Waals surface area contributed by atoms with E-state index in [1.807, 2.05) is 37.1 Å². The number of hydrogen-bond donors (Lipinski definition) is 1. The molecule has 3 aromatic rings. The molecule has 6 nitrogen and oxygen atoms in total. The molecule has 1 saturated heterocycles. The highest BCUT2D eigenvalue weighted by molar-refractivity contribution is 7.13. The Morgan fingerprint density at radius 2 is 2.39 bits per heavy atom. The lowest BCUT2D eigenvalue weighted by Crippen LogP contribution is -2.46. The average molecular weight is 329 g/mol. The molecule has 1 fully saturated rings. The normalized spacial score (nSPS) is 19.3. The monoisotopic (exact) mass is 329 g/mol. The van der Waals surface area contributed by atoms with E-state index in [1.54, 1.807) is 11.3 Å². The first-order valence-corrected chi connectivity index (χ1v) is 8.60. The minimum Gasteiger partial charge on any atom is -0.438 e. The largest absolute Gasteiger partial charge is 0.438 e. The number of oxazole rings is 1. The van der Waals surface area contributed by atoms with Crippen LogP contribution >= 0.6 is 11.3 Å². The summed E-state index contributed by atoms with van der Waals surface area (Å²) in [4.78, 5) is 12.5. The van der Waals surface area contributed by atoms with Crippen LogP contribution in [0.5, 0.6) is 0 Å². The quantitative estimate of drug-likeness (QED) is 0.796. The van der Waals surface area contributed by atoms with Gasteiger partial charge in [-0.15, -0.1) is 11.3 Å². The molecule has 0 radical (unpaired) electrons. The Bertz CT molecular complexity index is 763. The molecule has 3 aromatic heterocycles. The number of nitrogens with zero attached hydrogens (tertiary/aromatic N) is 4. The van der Waals surface area contributed by atoms with Gasteiger partial charge in [0.2, 0.25) is 5.89 Å². The number of rotatable bonds is 4. The summed E-state index contributed by atoms with van der Waals surface area (Å²) in [6, 6.07) is 4.31. The summed E-state index contributed by atoms with van der Waals surface area (Å²) in [7, 11) is 2.04. The molecule has 0 bridgehead atoms. The molecule has 0 amide bonds. The van der Waals surface area contributed by atoms with Crippen LogP contribution in [0.4, 0.5) is 0 Å². The Kier molecular flexibility index (Phi) is 3.99. The van der Waals surface area contributed by atoms with Crippen molar-refractivity contribution in [2.45, 2.75) is 12.6 Å². The van der Waals surface area contributed by atoms with Crippen LogP contribution in [-0.4, -0.2) is 39.1 Å². The molecular formula is C16H19N5OS. The van der Waals surface area contributed by atoms with E-state index in [0.29, 0.717) is 6.54 Å². The first kappa shape index (κ1) is 14.6. The van der Waals surface area contributed by atoms with Crippen molar-refractivity contribution in [1.82, 2.24) is 24.8 Å². The number of hydrogen-bond acceptors (Lipinski definition) is 6. The third kappa shape index (κ3) is 2.95. The smallest absolute Gasteiger partial charge is 0.209 e. The predicted molar refractivity (Wildman–Crippen MR) is 89.0 cm³/mol. The molecule has 1 unspecified atom stereocenters. The Labute approximate surface area is 138 Å². The van der Waals surface area contributed by atoms with Gasteiger partial charge in [-0.25, -0.2) is 9.97 Å². The summed E-state index contributed by atoms with van der Waals surface area (Å²) in [5.74, 6) is 2.68. The summed E-state index contributed by atoms with van der Waals surface area (Å²) >= 11 is 1.67. The standard InChI is InChI=1S/C16H19N5OS/c1-20-6-5-18-16(20)12-9-17-4-7-21(12)11-15-19-10-13(22-15)14-3-2-8-23-14/h2-3,5-6,8,10,12,17H,4,7,9,11H2,1H3. The van der Waals surface area contributed by atoms with Crippen LogP contribution in [0.25, 0.3) is 10.6 Å². The maximum absolute atomic E-state index is 5.94. The molecule has 0 spiro atoms. The maximum atomic E-state index is 5.94. The van der Waals surface area contributed by atoms with Crippen molar-refractivity contribution in [2.24, 2.45) is 7.05 Å². The zero-order chi connectivity index (χ0) is 15.6. The Hall–Kier alpha value is -1.96. The molecule has 1 aliphatic rings. The Morgan fingerprint density at radius 1 is 1.43 bits per heavy atom. The fourth-order valence-corrected chi connectivity index (χ4v) is 3.65. The van der Waals surface area contributed by atoms with Gasteiger partial charge in [0.25, 0.3) is 0 Å². The van der Waals surface area contributed by atoms with Crippen molar-refractivity contribution in [1.29, 1.82) is 0 Å². The summed E-state index contributed by atoms with van der Waals surface area (Å²) in [5.41, 5.74) is 0. The van der Waals surface area contributed by atoms with E-state index in [0.717, 1.165) is 42.0 Å². The van der Waals surface area contributed by atoms with Crippen LogP contribution in [0.2, 0.25) is 0 Å². The van der Waals surface area contributed by atoms with Crippen LogP contribution in [0.1, 0.15) is 17.8 Å². The van der Waals surface area contributed by atoms with E-state index in [-0.39, 0.29) is 6.04 Å². The number of aryl methyl sites for hydroxylation is 1. The van der Waals surface area contributed by atoms with Gasteiger partial charge < -0.3 is 14.3 Å². The van der Waals surface area contributed by atoms with Crippen molar-refractivity contribution in [2.75, 3.05) is 19.6 Å². The van der Waals surface area contributed by atoms with Crippen LogP contribution in [0.3, 0.4) is 0 Å². The second kappa shape index (κ2) is 6.27. The highest BCUT2D eigenvalue weighted by Gasteiger charge is 2.27. The molecule has 0 aromatic carbocycles. The minimum atomic E-state index is 0.237. The van der Waals surface area contributed by atoms with Gasteiger partial charge in [-0.05, 0) is 11.4 Å². The predicted octanol–water partition coefficient (Wildman–Crippen LogP) is 2.28. The zero-order valence-electron chi connectivity index (χ0n) is 13.0. The van der Waals surface area contributed by atoms with E-state index in [9.17, 15) is 0 Å². The molecule has 1 aliphatic heterocycles. The van der Waals surface area contributed by atoms with Gasteiger partial charge in [0.15, 0.2) is 5.76 Å². The Balaban J connectivity index is 1.53. The molecule has 120 valence electrons. The lowest BCUT2D eigenvalue weighted by Gasteiger charge is -2.34. The van der Waals surface area contributed by atoms with Crippen molar-refractivity contribution in [3.05, 3.63) is 47.8 Å². The van der Waals surface area contributed by atoms with Crippen LogP contribution in [-0.2, 0) is 13.6 Å². The average Bonchev–Trinajstić information content (AvgIpc) is 3.29. The molecule has 7 heteroatoms. The first-order valence-electron chi connectivity index (χ1n) is 7.72. The molecule has 23 heavy (non-hydrogen) atoms. The Morgan fingerprint density at radius 3 is 3.17 bits per heavy atom. The molecule has 1 N–H and O–H groups in total. The van der Waals surface area contributed by atoms with Crippen LogP contribution in [0, 0.1) is 0 Å². The SMILES string of the molecule is Cn1ccnc1C1CNCCN1Cc1ncc(-c2cccs2)o1. The second-order valence-corrected chi connectivity index (χ2v) is 6.63. The van der Waals surface area contributed by atoms with E-state index >= 15 is 0 Å². The van der Waals surface area contributed by atoms with Gasteiger partial charge in [0.05, 0.1) is 23.7 Å². The number of nitrogens with one attached hydrogen (secondary N) is 1. The van der Waals surface area contributed by atoms with Crippen molar-refractivity contribution in [3.63, 3.8) is 0 Å². The number of aromatic nitrogens is 3. The van der Waals surface area contributed by atoms with Crippen LogP contribution in [0.15, 0.2) is 40.5 Å². The van der Waals surface area contributed by atoms with Gasteiger partial charge in [-0.3, -0.25) is 4.90 Å². The summed E-state index contributed by atoms with van der Waals surface area (Å²) in [6.07, 6.45) is 5.66. The zero-order valence-corrected chi connectivity index (χ0v) is 13.8. The summed E-state index contributed by atoms with van der Waals surface area (Å²) < 4.78 is 8.02. The van der Waals surface area contributed by atoms with Crippen LogP contribution < -0.4 is 5.32 Å². The molecule has 4 heterocycles. The highest BCUT2D eigenvalue weighted by atomic mass is 32.1. The molecule has 0 aliphatic carbocycles. The second-order valence-electron chi connectivity index (χ2n) is 5.68. The lowest BCUT2D eigenvalue weighted by molar-refractivity contribution is 0.132. The van der Waals surface area contributed by atoms with E-state index in [4.69, 9.17) is 4.42 Å². The van der Waals surface area contributed by atoms with Gasteiger partial charge in [-0.2, -0.15) is 0 Å². The third-order valence-corrected chi connectivity index (χ3v) is 5.05. The van der Waals surface area contributed by atoms with E-state index < -0.39 is 0 Å². The van der Waals surface area contributed by atoms with Crippen molar-refractivity contribution >= 4 is 11.3 Å². The molecular weight excluding hydrogens is 310 g/mol. The minimum absolute atomic E-state index is 0.237. The fraction of sp³-hybridized carbons (Fsp3) is 0.375.